The summed E-state index contributed by atoms with van der Waals surface area (Å²) in [6.45, 7) is 4.70. The molecule has 1 aromatic heterocycles. The Morgan fingerprint density at radius 1 is 1.30 bits per heavy atom. The number of aliphatic imine (C=N–C) groups is 1. The van der Waals surface area contributed by atoms with Gasteiger partial charge in [-0.25, -0.2) is 0 Å². The maximum Gasteiger partial charge on any atom is 0.191 e. The average molecular weight is 432 g/mol. The maximum absolute atomic E-state index is 4.27. The lowest BCUT2D eigenvalue weighted by Crippen LogP contribution is -2.39. The SMILES string of the molecule is CCc1nncn1CCNC(=NC)NCCC1=CCCCC1.I. The highest BCUT2D eigenvalue weighted by Crippen LogP contribution is 2.19. The zero-order valence-corrected chi connectivity index (χ0v) is 16.5. The molecule has 2 N–H and O–H groups in total. The van der Waals surface area contributed by atoms with E-state index in [1.165, 1.54) is 25.7 Å². The number of guanidine groups is 1. The Hall–Kier alpha value is -1.12. The molecule has 0 saturated heterocycles. The second-order valence-electron chi connectivity index (χ2n) is 5.58. The third-order valence-corrected chi connectivity index (χ3v) is 4.00. The molecule has 0 fully saturated rings. The van der Waals surface area contributed by atoms with Crippen molar-refractivity contribution in [3.63, 3.8) is 0 Å². The molecule has 23 heavy (non-hydrogen) atoms. The lowest BCUT2D eigenvalue weighted by Gasteiger charge is -2.15. The van der Waals surface area contributed by atoms with Crippen molar-refractivity contribution in [2.75, 3.05) is 20.1 Å². The number of nitrogens with zero attached hydrogens (tertiary/aromatic N) is 4. The van der Waals surface area contributed by atoms with E-state index in [0.717, 1.165) is 44.3 Å². The third-order valence-electron chi connectivity index (χ3n) is 4.00. The minimum Gasteiger partial charge on any atom is -0.356 e. The highest BCUT2D eigenvalue weighted by molar-refractivity contribution is 14.0. The van der Waals surface area contributed by atoms with Crippen LogP contribution in [-0.4, -0.2) is 40.9 Å². The number of aryl methyl sites for hydroxylation is 1. The van der Waals surface area contributed by atoms with Gasteiger partial charge in [-0.15, -0.1) is 34.2 Å². The molecule has 7 heteroatoms. The summed E-state index contributed by atoms with van der Waals surface area (Å²) < 4.78 is 2.08. The molecule has 0 aromatic carbocycles. The molecular formula is C16H29IN6. The molecular weight excluding hydrogens is 403 g/mol. The number of aromatic nitrogens is 3. The zero-order valence-electron chi connectivity index (χ0n) is 14.2. The molecule has 0 bridgehead atoms. The fourth-order valence-corrected chi connectivity index (χ4v) is 2.73. The van der Waals surface area contributed by atoms with Crippen LogP contribution in [0.3, 0.4) is 0 Å². The first-order chi connectivity index (χ1) is 10.8. The van der Waals surface area contributed by atoms with Gasteiger partial charge in [-0.05, 0) is 32.1 Å². The van der Waals surface area contributed by atoms with E-state index in [4.69, 9.17) is 0 Å². The fraction of sp³-hybridized carbons (Fsp3) is 0.688. The molecule has 1 aliphatic carbocycles. The van der Waals surface area contributed by atoms with Crippen molar-refractivity contribution in [2.45, 2.75) is 52.0 Å². The summed E-state index contributed by atoms with van der Waals surface area (Å²) in [5.41, 5.74) is 1.59. The van der Waals surface area contributed by atoms with Crippen LogP contribution in [0.25, 0.3) is 0 Å². The van der Waals surface area contributed by atoms with E-state index in [1.54, 1.807) is 11.9 Å². The molecule has 0 radical (unpaired) electrons. The summed E-state index contributed by atoms with van der Waals surface area (Å²) in [6.07, 6.45) is 11.4. The lowest BCUT2D eigenvalue weighted by atomic mass is 9.97. The number of nitrogens with one attached hydrogen (secondary N) is 2. The highest BCUT2D eigenvalue weighted by Gasteiger charge is 2.05. The number of rotatable bonds is 7. The number of hydrogen-bond acceptors (Lipinski definition) is 3. The lowest BCUT2D eigenvalue weighted by molar-refractivity contribution is 0.629. The van der Waals surface area contributed by atoms with Gasteiger partial charge in [0.2, 0.25) is 0 Å². The monoisotopic (exact) mass is 432 g/mol. The average Bonchev–Trinajstić information content (AvgIpc) is 3.02. The number of allylic oxidation sites excluding steroid dienone is 1. The topological polar surface area (TPSA) is 67.1 Å². The van der Waals surface area contributed by atoms with Crippen molar-refractivity contribution < 1.29 is 0 Å². The quantitative estimate of drug-likeness (QED) is 0.301. The smallest absolute Gasteiger partial charge is 0.191 e. The minimum absolute atomic E-state index is 0. The molecule has 0 saturated carbocycles. The van der Waals surface area contributed by atoms with Crippen molar-refractivity contribution in [1.82, 2.24) is 25.4 Å². The second kappa shape index (κ2) is 11.4. The minimum atomic E-state index is 0. The van der Waals surface area contributed by atoms with Crippen molar-refractivity contribution >= 4 is 29.9 Å². The predicted octanol–water partition coefficient (Wildman–Crippen LogP) is 2.51. The van der Waals surface area contributed by atoms with E-state index in [-0.39, 0.29) is 24.0 Å². The normalized spacial score (nSPS) is 14.9. The summed E-state index contributed by atoms with van der Waals surface area (Å²) in [7, 11) is 1.81. The van der Waals surface area contributed by atoms with Crippen molar-refractivity contribution in [1.29, 1.82) is 0 Å². The molecule has 0 atom stereocenters. The molecule has 1 heterocycles. The van der Waals surface area contributed by atoms with Crippen molar-refractivity contribution in [3.8, 4) is 0 Å². The van der Waals surface area contributed by atoms with Gasteiger partial charge in [0, 0.05) is 33.1 Å². The molecule has 130 valence electrons. The van der Waals surface area contributed by atoms with Gasteiger partial charge in [-0.2, -0.15) is 0 Å². The summed E-state index contributed by atoms with van der Waals surface area (Å²) in [5.74, 6) is 1.89. The number of hydrogen-bond donors (Lipinski definition) is 2. The molecule has 0 aliphatic heterocycles. The Balaban J connectivity index is 0.00000264. The zero-order chi connectivity index (χ0) is 15.6. The maximum atomic E-state index is 4.27. The second-order valence-corrected chi connectivity index (χ2v) is 5.58. The summed E-state index contributed by atoms with van der Waals surface area (Å²) in [6, 6.07) is 0. The van der Waals surface area contributed by atoms with E-state index in [2.05, 4.69) is 43.4 Å². The Bertz CT molecular complexity index is 508. The third kappa shape index (κ3) is 6.88. The molecule has 0 amide bonds. The van der Waals surface area contributed by atoms with E-state index in [0.29, 0.717) is 0 Å². The van der Waals surface area contributed by atoms with Gasteiger partial charge in [-0.1, -0.05) is 18.6 Å². The summed E-state index contributed by atoms with van der Waals surface area (Å²) in [5, 5.41) is 14.8. The van der Waals surface area contributed by atoms with E-state index < -0.39 is 0 Å². The highest BCUT2D eigenvalue weighted by atomic mass is 127. The van der Waals surface area contributed by atoms with Gasteiger partial charge in [0.25, 0.3) is 0 Å². The molecule has 1 aromatic rings. The van der Waals surface area contributed by atoms with Gasteiger partial charge >= 0.3 is 0 Å². The Morgan fingerprint density at radius 3 is 2.83 bits per heavy atom. The first kappa shape index (κ1) is 19.9. The van der Waals surface area contributed by atoms with Crippen LogP contribution in [0.2, 0.25) is 0 Å². The molecule has 2 rings (SSSR count). The van der Waals surface area contributed by atoms with Crippen molar-refractivity contribution in [3.05, 3.63) is 23.8 Å². The van der Waals surface area contributed by atoms with E-state index in [9.17, 15) is 0 Å². The van der Waals surface area contributed by atoms with Gasteiger partial charge in [0.05, 0.1) is 0 Å². The summed E-state index contributed by atoms with van der Waals surface area (Å²) in [4.78, 5) is 4.27. The van der Waals surface area contributed by atoms with Gasteiger partial charge in [0.1, 0.15) is 12.2 Å². The van der Waals surface area contributed by atoms with E-state index in [1.807, 2.05) is 7.05 Å². The Labute approximate surface area is 156 Å². The fourth-order valence-electron chi connectivity index (χ4n) is 2.73. The van der Waals surface area contributed by atoms with Gasteiger partial charge < -0.3 is 15.2 Å². The van der Waals surface area contributed by atoms with Crippen LogP contribution in [0.15, 0.2) is 23.0 Å². The van der Waals surface area contributed by atoms with Crippen LogP contribution >= 0.6 is 24.0 Å². The molecule has 0 spiro atoms. The first-order valence-electron chi connectivity index (χ1n) is 8.32. The largest absolute Gasteiger partial charge is 0.356 e. The Morgan fingerprint density at radius 2 is 2.13 bits per heavy atom. The summed E-state index contributed by atoms with van der Waals surface area (Å²) >= 11 is 0. The van der Waals surface area contributed by atoms with Crippen LogP contribution in [0.1, 0.15) is 44.9 Å². The van der Waals surface area contributed by atoms with Crippen LogP contribution in [0.4, 0.5) is 0 Å². The molecule has 6 nitrogen and oxygen atoms in total. The van der Waals surface area contributed by atoms with Crippen molar-refractivity contribution in [2.24, 2.45) is 4.99 Å². The van der Waals surface area contributed by atoms with Crippen LogP contribution < -0.4 is 10.6 Å². The molecule has 0 unspecified atom stereocenters. The first-order valence-corrected chi connectivity index (χ1v) is 8.32. The van der Waals surface area contributed by atoms with Crippen LogP contribution in [0.5, 0.6) is 0 Å². The standard InChI is InChI=1S/C16H28N6.HI/c1-3-15-21-20-13-22(15)12-11-19-16(17-2)18-10-9-14-7-5-4-6-8-14;/h7,13H,3-6,8-12H2,1-2H3,(H2,17,18,19);1H. The number of halogens is 1. The van der Waals surface area contributed by atoms with Gasteiger partial charge in [0.15, 0.2) is 5.96 Å². The predicted molar refractivity (Wildman–Crippen MR) is 105 cm³/mol. The van der Waals surface area contributed by atoms with Crippen LogP contribution in [-0.2, 0) is 13.0 Å². The van der Waals surface area contributed by atoms with Crippen LogP contribution in [0, 0.1) is 0 Å². The van der Waals surface area contributed by atoms with E-state index >= 15 is 0 Å². The van der Waals surface area contributed by atoms with Gasteiger partial charge in [-0.3, -0.25) is 4.99 Å². The molecule has 1 aliphatic rings. The Kier molecular flexibility index (Phi) is 9.89.